The molecule has 4 bridgehead atoms. The first kappa shape index (κ1) is 16.0. The lowest BCUT2D eigenvalue weighted by Crippen LogP contribution is -2.49. The van der Waals surface area contributed by atoms with Crippen molar-refractivity contribution in [3.8, 4) is 5.75 Å². The van der Waals surface area contributed by atoms with Gasteiger partial charge in [0.2, 0.25) is 4.96 Å². The Balaban J connectivity index is 1.34. The molecule has 3 aromatic rings. The average Bonchev–Trinajstić information content (AvgIpc) is 3.22. The molecule has 0 amide bonds. The Labute approximate surface area is 162 Å². The molecule has 7 rings (SSSR count). The summed E-state index contributed by atoms with van der Waals surface area (Å²) in [6.07, 6.45) is 8.06. The summed E-state index contributed by atoms with van der Waals surface area (Å²) in [6, 6.07) is 9.95. The van der Waals surface area contributed by atoms with E-state index < -0.39 is 0 Å². The fourth-order valence-corrected chi connectivity index (χ4v) is 7.08. The van der Waals surface area contributed by atoms with Crippen LogP contribution in [0.5, 0.6) is 5.75 Å². The van der Waals surface area contributed by atoms with Crippen LogP contribution in [0.4, 0.5) is 0 Å². The Morgan fingerprint density at radius 3 is 2.37 bits per heavy atom. The van der Waals surface area contributed by atoms with E-state index in [-0.39, 0.29) is 11.5 Å². The molecule has 0 spiro atoms. The van der Waals surface area contributed by atoms with Crippen molar-refractivity contribution in [2.75, 3.05) is 0 Å². The molecule has 4 aliphatic rings. The Morgan fingerprint density at radius 1 is 1.04 bits per heavy atom. The van der Waals surface area contributed by atoms with Crippen LogP contribution in [0.15, 0.2) is 30.3 Å². The molecule has 4 saturated carbocycles. The van der Waals surface area contributed by atoms with E-state index in [1.54, 1.807) is 11.3 Å². The minimum atomic E-state index is -0.0942. The Bertz CT molecular complexity index is 943. The number of ether oxygens (including phenoxy) is 1. The number of hydrogen-bond acceptors (Lipinski definition) is 5. The minimum Gasteiger partial charge on any atom is -0.483 e. The Hall–Kier alpha value is -1.95. The number of fused-ring (bicyclic) bond motifs is 1. The van der Waals surface area contributed by atoms with Crippen molar-refractivity contribution in [3.05, 3.63) is 41.2 Å². The lowest BCUT2D eigenvalue weighted by atomic mass is 9.49. The van der Waals surface area contributed by atoms with Gasteiger partial charge in [0.1, 0.15) is 11.9 Å². The molecule has 140 valence electrons. The van der Waals surface area contributed by atoms with Crippen LogP contribution in [0.2, 0.25) is 0 Å². The van der Waals surface area contributed by atoms with Gasteiger partial charge in [-0.15, -0.1) is 10.2 Å². The van der Waals surface area contributed by atoms with Gasteiger partial charge in [0.05, 0.1) is 0 Å². The number of nitrogens with zero attached hydrogens (tertiary/aromatic N) is 4. The van der Waals surface area contributed by atoms with E-state index in [0.717, 1.165) is 39.3 Å². The molecule has 4 fully saturated rings. The van der Waals surface area contributed by atoms with Gasteiger partial charge in [-0.05, 0) is 75.3 Å². The standard InChI is InChI=1S/C21H24N4OS/c1-13(26-17-5-3-2-4-6-17)18-24-25-19(22-23-20(25)27-18)21-10-14-7-15(11-21)9-16(8-14)12-21/h2-6,13-16H,7-12H2,1H3. The molecule has 27 heavy (non-hydrogen) atoms. The smallest absolute Gasteiger partial charge is 0.234 e. The normalized spacial score (nSPS) is 32.9. The molecular weight excluding hydrogens is 356 g/mol. The first-order valence-electron chi connectivity index (χ1n) is 10.1. The van der Waals surface area contributed by atoms with E-state index in [2.05, 4.69) is 17.1 Å². The zero-order valence-electron chi connectivity index (χ0n) is 15.5. The van der Waals surface area contributed by atoms with Crippen LogP contribution in [0.25, 0.3) is 4.96 Å². The highest BCUT2D eigenvalue weighted by molar-refractivity contribution is 7.16. The monoisotopic (exact) mass is 380 g/mol. The predicted molar refractivity (Wildman–Crippen MR) is 104 cm³/mol. The third-order valence-corrected chi connectivity index (χ3v) is 7.98. The summed E-state index contributed by atoms with van der Waals surface area (Å²) in [6.45, 7) is 2.06. The van der Waals surface area contributed by atoms with Crippen molar-refractivity contribution in [1.82, 2.24) is 19.8 Å². The summed E-state index contributed by atoms with van der Waals surface area (Å²) in [5, 5.41) is 15.0. The lowest BCUT2D eigenvalue weighted by molar-refractivity contribution is -0.0103. The number of para-hydroxylation sites is 1. The second-order valence-electron chi connectivity index (χ2n) is 8.93. The van der Waals surface area contributed by atoms with Crippen LogP contribution in [0, 0.1) is 17.8 Å². The van der Waals surface area contributed by atoms with Crippen LogP contribution in [-0.4, -0.2) is 19.8 Å². The molecule has 0 N–H and O–H groups in total. The quantitative estimate of drug-likeness (QED) is 0.653. The molecular formula is C21H24N4OS. The number of rotatable bonds is 4. The van der Waals surface area contributed by atoms with E-state index in [9.17, 15) is 0 Å². The van der Waals surface area contributed by atoms with Crippen molar-refractivity contribution in [2.45, 2.75) is 57.0 Å². The summed E-state index contributed by atoms with van der Waals surface area (Å²) < 4.78 is 8.11. The van der Waals surface area contributed by atoms with E-state index >= 15 is 0 Å². The number of hydrogen-bond donors (Lipinski definition) is 0. The zero-order valence-corrected chi connectivity index (χ0v) is 16.4. The van der Waals surface area contributed by atoms with Crippen LogP contribution in [-0.2, 0) is 5.41 Å². The SMILES string of the molecule is CC(Oc1ccccc1)c1nn2c(C34CC5CC(CC(C5)C3)C4)nnc2s1. The van der Waals surface area contributed by atoms with Crippen LogP contribution >= 0.6 is 11.3 Å². The van der Waals surface area contributed by atoms with E-state index in [4.69, 9.17) is 9.84 Å². The molecule has 4 aliphatic carbocycles. The first-order chi connectivity index (χ1) is 13.2. The Morgan fingerprint density at radius 2 is 1.70 bits per heavy atom. The van der Waals surface area contributed by atoms with Crippen LogP contribution in [0.1, 0.15) is 62.4 Å². The summed E-state index contributed by atoms with van der Waals surface area (Å²) in [5.41, 5.74) is 0.211. The summed E-state index contributed by atoms with van der Waals surface area (Å²) >= 11 is 1.60. The maximum Gasteiger partial charge on any atom is 0.234 e. The van der Waals surface area contributed by atoms with Crippen molar-refractivity contribution in [1.29, 1.82) is 0 Å². The van der Waals surface area contributed by atoms with Gasteiger partial charge < -0.3 is 4.74 Å². The molecule has 0 saturated heterocycles. The zero-order chi connectivity index (χ0) is 18.0. The average molecular weight is 381 g/mol. The minimum absolute atomic E-state index is 0.0942. The predicted octanol–water partition coefficient (Wildman–Crippen LogP) is 4.79. The molecule has 6 heteroatoms. The first-order valence-corrected chi connectivity index (χ1v) is 10.9. The largest absolute Gasteiger partial charge is 0.483 e. The van der Waals surface area contributed by atoms with Crippen molar-refractivity contribution >= 4 is 16.3 Å². The maximum absolute atomic E-state index is 6.07. The lowest BCUT2D eigenvalue weighted by Gasteiger charge is -2.55. The molecule has 2 heterocycles. The van der Waals surface area contributed by atoms with Gasteiger partial charge >= 0.3 is 0 Å². The molecule has 0 aliphatic heterocycles. The molecule has 1 aromatic carbocycles. The van der Waals surface area contributed by atoms with Gasteiger partial charge in [0.25, 0.3) is 0 Å². The second-order valence-corrected chi connectivity index (χ2v) is 9.92. The third-order valence-electron chi connectivity index (χ3n) is 6.92. The van der Waals surface area contributed by atoms with E-state index in [0.29, 0.717) is 0 Å². The topological polar surface area (TPSA) is 52.3 Å². The summed E-state index contributed by atoms with van der Waals surface area (Å²) in [5.74, 6) is 4.66. The molecule has 5 nitrogen and oxygen atoms in total. The fourth-order valence-electron chi connectivity index (χ4n) is 6.26. The summed E-state index contributed by atoms with van der Waals surface area (Å²) in [7, 11) is 0. The fraction of sp³-hybridized carbons (Fsp3) is 0.571. The molecule has 2 aromatic heterocycles. The third kappa shape index (κ3) is 2.53. The van der Waals surface area contributed by atoms with Crippen molar-refractivity contribution in [3.63, 3.8) is 0 Å². The van der Waals surface area contributed by atoms with Gasteiger partial charge in [-0.25, -0.2) is 0 Å². The number of benzene rings is 1. The highest BCUT2D eigenvalue weighted by Gasteiger charge is 2.54. The highest BCUT2D eigenvalue weighted by atomic mass is 32.1. The van der Waals surface area contributed by atoms with Gasteiger partial charge in [-0.3, -0.25) is 0 Å². The van der Waals surface area contributed by atoms with Crippen LogP contribution < -0.4 is 4.74 Å². The van der Waals surface area contributed by atoms with Gasteiger partial charge in [-0.2, -0.15) is 9.61 Å². The summed E-state index contributed by atoms with van der Waals surface area (Å²) in [4.78, 5) is 0.902. The molecule has 1 atom stereocenters. The van der Waals surface area contributed by atoms with Crippen molar-refractivity contribution < 1.29 is 4.74 Å². The second kappa shape index (κ2) is 5.77. The molecule has 1 unspecified atom stereocenters. The van der Waals surface area contributed by atoms with E-state index in [1.807, 2.05) is 34.8 Å². The van der Waals surface area contributed by atoms with Gasteiger partial charge in [0, 0.05) is 5.41 Å². The maximum atomic E-state index is 6.07. The highest BCUT2D eigenvalue weighted by Crippen LogP contribution is 2.60. The van der Waals surface area contributed by atoms with Crippen LogP contribution in [0.3, 0.4) is 0 Å². The van der Waals surface area contributed by atoms with Crippen molar-refractivity contribution in [2.24, 2.45) is 17.8 Å². The van der Waals surface area contributed by atoms with E-state index in [1.165, 1.54) is 38.5 Å². The number of aromatic nitrogens is 4. The Kier molecular flexibility index (Phi) is 3.43. The molecule has 0 radical (unpaired) electrons. The van der Waals surface area contributed by atoms with Gasteiger partial charge in [-0.1, -0.05) is 29.5 Å². The van der Waals surface area contributed by atoms with Gasteiger partial charge in [0.15, 0.2) is 10.8 Å².